The first-order valence-corrected chi connectivity index (χ1v) is 9.81. The van der Waals surface area contributed by atoms with Crippen molar-refractivity contribution in [3.05, 3.63) is 24.3 Å². The lowest BCUT2D eigenvalue weighted by Crippen LogP contribution is -2.01. The Morgan fingerprint density at radius 2 is 1.27 bits per heavy atom. The Labute approximate surface area is 139 Å². The summed E-state index contributed by atoms with van der Waals surface area (Å²) in [5.41, 5.74) is 0. The van der Waals surface area contributed by atoms with Gasteiger partial charge in [0.1, 0.15) is 0 Å². The molecule has 130 valence electrons. The first-order valence-electron chi connectivity index (χ1n) is 9.81. The predicted octanol–water partition coefficient (Wildman–Crippen LogP) is 6.96. The second-order valence-electron chi connectivity index (χ2n) is 6.46. The van der Waals surface area contributed by atoms with Crippen LogP contribution in [0.4, 0.5) is 0 Å². The maximum Gasteiger partial charge on any atom is 0.0721 e. The number of aliphatic hydroxyl groups is 1. The molecule has 1 heteroatoms. The average Bonchev–Trinajstić information content (AvgIpc) is 2.52. The minimum absolute atomic E-state index is 0.242. The van der Waals surface area contributed by atoms with Gasteiger partial charge in [0.2, 0.25) is 0 Å². The van der Waals surface area contributed by atoms with E-state index in [-0.39, 0.29) is 6.10 Å². The van der Waals surface area contributed by atoms with Gasteiger partial charge in [0.25, 0.3) is 0 Å². The van der Waals surface area contributed by atoms with Crippen molar-refractivity contribution in [3.8, 4) is 0 Å². The van der Waals surface area contributed by atoms with Crippen LogP contribution in [0.5, 0.6) is 0 Å². The molecule has 1 nitrogen and oxygen atoms in total. The largest absolute Gasteiger partial charge is 0.389 e. The zero-order valence-corrected chi connectivity index (χ0v) is 15.2. The van der Waals surface area contributed by atoms with Crippen molar-refractivity contribution in [2.24, 2.45) is 0 Å². The van der Waals surface area contributed by atoms with Crippen molar-refractivity contribution in [1.29, 1.82) is 0 Å². The third kappa shape index (κ3) is 17.5. The lowest BCUT2D eigenvalue weighted by Gasteiger charge is -2.05. The highest BCUT2D eigenvalue weighted by molar-refractivity contribution is 4.95. The molecule has 0 saturated carbocycles. The summed E-state index contributed by atoms with van der Waals surface area (Å²) in [5.74, 6) is 0. The lowest BCUT2D eigenvalue weighted by molar-refractivity contribution is 0.207. The molecule has 0 unspecified atom stereocenters. The normalized spacial score (nSPS) is 13.4. The van der Waals surface area contributed by atoms with E-state index in [4.69, 9.17) is 0 Å². The minimum Gasteiger partial charge on any atom is -0.389 e. The molecule has 0 radical (unpaired) electrons. The Morgan fingerprint density at radius 1 is 0.682 bits per heavy atom. The van der Waals surface area contributed by atoms with E-state index in [9.17, 15) is 5.11 Å². The first kappa shape index (κ1) is 21.4. The van der Waals surface area contributed by atoms with Crippen LogP contribution in [0.2, 0.25) is 0 Å². The zero-order chi connectivity index (χ0) is 16.3. The van der Waals surface area contributed by atoms with Crippen molar-refractivity contribution in [1.82, 2.24) is 0 Å². The number of hydrogen-bond acceptors (Lipinski definition) is 1. The van der Waals surface area contributed by atoms with Gasteiger partial charge in [-0.2, -0.15) is 0 Å². The van der Waals surface area contributed by atoms with Gasteiger partial charge in [-0.3, -0.25) is 0 Å². The highest BCUT2D eigenvalue weighted by atomic mass is 16.3. The molecule has 22 heavy (non-hydrogen) atoms. The summed E-state index contributed by atoms with van der Waals surface area (Å²) in [5, 5.41) is 9.88. The van der Waals surface area contributed by atoms with Gasteiger partial charge >= 0.3 is 0 Å². The molecule has 0 bridgehead atoms. The van der Waals surface area contributed by atoms with E-state index < -0.39 is 0 Å². The highest BCUT2D eigenvalue weighted by Gasteiger charge is 1.98. The van der Waals surface area contributed by atoms with Crippen molar-refractivity contribution in [3.63, 3.8) is 0 Å². The molecule has 0 fully saturated rings. The lowest BCUT2D eigenvalue weighted by atomic mass is 10.1. The molecule has 0 aromatic heterocycles. The Hall–Kier alpha value is -0.560. The van der Waals surface area contributed by atoms with E-state index in [1.165, 1.54) is 70.6 Å². The minimum atomic E-state index is -0.242. The second-order valence-corrected chi connectivity index (χ2v) is 6.46. The third-order valence-corrected chi connectivity index (χ3v) is 4.12. The maximum atomic E-state index is 9.88. The molecule has 0 aromatic rings. The van der Waals surface area contributed by atoms with Crippen molar-refractivity contribution in [2.75, 3.05) is 0 Å². The zero-order valence-electron chi connectivity index (χ0n) is 15.2. The topological polar surface area (TPSA) is 20.2 Å². The van der Waals surface area contributed by atoms with Crippen LogP contribution >= 0.6 is 0 Å². The van der Waals surface area contributed by atoms with Crippen molar-refractivity contribution < 1.29 is 5.11 Å². The fourth-order valence-corrected chi connectivity index (χ4v) is 2.62. The quantitative estimate of drug-likeness (QED) is 0.241. The van der Waals surface area contributed by atoms with Gasteiger partial charge in [0.05, 0.1) is 6.10 Å². The molecule has 0 heterocycles. The Balaban J connectivity index is 3.34. The molecule has 0 spiro atoms. The summed E-state index contributed by atoms with van der Waals surface area (Å²) >= 11 is 0. The van der Waals surface area contributed by atoms with Gasteiger partial charge in [0, 0.05) is 0 Å². The molecule has 0 aliphatic heterocycles. The van der Waals surface area contributed by atoms with E-state index >= 15 is 0 Å². The molecular weight excluding hydrogens is 268 g/mol. The average molecular weight is 309 g/mol. The standard InChI is InChI=1S/C21H40O/c1-3-5-7-9-11-13-15-17-19-21(22)20-18-16-14-12-10-8-6-4-2/h11,13,17,19,21-22H,3-10,12,14-16,18,20H2,1-2H3/b13-11-,19-17-/t21-/m0/s1. The van der Waals surface area contributed by atoms with Crippen LogP contribution in [-0.4, -0.2) is 11.2 Å². The summed E-state index contributed by atoms with van der Waals surface area (Å²) in [4.78, 5) is 0. The summed E-state index contributed by atoms with van der Waals surface area (Å²) in [6.45, 7) is 4.50. The molecule has 1 atom stereocenters. The molecule has 0 aromatic carbocycles. The van der Waals surface area contributed by atoms with Gasteiger partial charge in [-0.15, -0.1) is 0 Å². The van der Waals surface area contributed by atoms with Crippen LogP contribution in [0.15, 0.2) is 24.3 Å². The van der Waals surface area contributed by atoms with E-state index in [1.807, 2.05) is 6.08 Å². The number of hydrogen-bond donors (Lipinski definition) is 1. The van der Waals surface area contributed by atoms with Crippen molar-refractivity contribution in [2.45, 2.75) is 110 Å². The van der Waals surface area contributed by atoms with Crippen LogP contribution in [0.1, 0.15) is 104 Å². The SMILES string of the molecule is CCCCC/C=C\C/C=C\[C@H](O)CCCCCCCCCC. The Bertz CT molecular complexity index is 255. The van der Waals surface area contributed by atoms with Crippen LogP contribution in [0.25, 0.3) is 0 Å². The molecule has 0 saturated heterocycles. The Morgan fingerprint density at radius 3 is 1.95 bits per heavy atom. The fourth-order valence-electron chi connectivity index (χ4n) is 2.62. The van der Waals surface area contributed by atoms with Gasteiger partial charge in [-0.1, -0.05) is 102 Å². The second kappa shape index (κ2) is 18.5. The molecule has 0 amide bonds. The van der Waals surface area contributed by atoms with Crippen molar-refractivity contribution >= 4 is 0 Å². The summed E-state index contributed by atoms with van der Waals surface area (Å²) < 4.78 is 0. The molecular formula is C21H40O. The van der Waals surface area contributed by atoms with E-state index in [1.54, 1.807) is 0 Å². The number of allylic oxidation sites excluding steroid dienone is 3. The van der Waals surface area contributed by atoms with E-state index in [0.29, 0.717) is 0 Å². The molecule has 0 aliphatic carbocycles. The Kier molecular flexibility index (Phi) is 18.0. The summed E-state index contributed by atoms with van der Waals surface area (Å²) in [7, 11) is 0. The predicted molar refractivity (Wildman–Crippen MR) is 100 cm³/mol. The number of aliphatic hydroxyl groups excluding tert-OH is 1. The first-order chi connectivity index (χ1) is 10.8. The third-order valence-electron chi connectivity index (χ3n) is 4.12. The van der Waals surface area contributed by atoms with Gasteiger partial charge in [-0.05, 0) is 25.7 Å². The van der Waals surface area contributed by atoms with Crippen LogP contribution in [0, 0.1) is 0 Å². The van der Waals surface area contributed by atoms with E-state index in [0.717, 1.165) is 19.3 Å². The van der Waals surface area contributed by atoms with Crippen LogP contribution in [0.3, 0.4) is 0 Å². The van der Waals surface area contributed by atoms with Crippen LogP contribution < -0.4 is 0 Å². The molecule has 1 N–H and O–H groups in total. The number of rotatable bonds is 16. The summed E-state index contributed by atoms with van der Waals surface area (Å²) in [6.07, 6.45) is 26.0. The monoisotopic (exact) mass is 308 g/mol. The highest BCUT2D eigenvalue weighted by Crippen LogP contribution is 2.11. The van der Waals surface area contributed by atoms with Crippen LogP contribution in [-0.2, 0) is 0 Å². The molecule has 0 aliphatic rings. The van der Waals surface area contributed by atoms with E-state index in [2.05, 4.69) is 32.1 Å². The van der Waals surface area contributed by atoms with Gasteiger partial charge < -0.3 is 5.11 Å². The smallest absolute Gasteiger partial charge is 0.0721 e. The van der Waals surface area contributed by atoms with Gasteiger partial charge in [0.15, 0.2) is 0 Å². The number of unbranched alkanes of at least 4 members (excludes halogenated alkanes) is 10. The maximum absolute atomic E-state index is 9.88. The summed E-state index contributed by atoms with van der Waals surface area (Å²) in [6, 6.07) is 0. The fraction of sp³-hybridized carbons (Fsp3) is 0.810. The molecule has 0 rings (SSSR count). The van der Waals surface area contributed by atoms with Gasteiger partial charge in [-0.25, -0.2) is 0 Å².